The largest absolute Gasteiger partial charge is 0.384 e. The molecular formula is C16H16ClN5O. The van der Waals surface area contributed by atoms with Crippen LogP contribution in [0.25, 0.3) is 11.0 Å². The molecule has 0 saturated carbocycles. The van der Waals surface area contributed by atoms with Gasteiger partial charge in [0.25, 0.3) is 0 Å². The highest BCUT2D eigenvalue weighted by Gasteiger charge is 2.23. The molecule has 7 heteroatoms. The van der Waals surface area contributed by atoms with Crippen molar-refractivity contribution in [1.29, 1.82) is 0 Å². The lowest BCUT2D eigenvalue weighted by molar-refractivity contribution is 0.0715. The van der Waals surface area contributed by atoms with E-state index in [2.05, 4.69) is 20.3 Å². The van der Waals surface area contributed by atoms with Crippen molar-refractivity contribution in [2.24, 2.45) is 0 Å². The predicted octanol–water partition coefficient (Wildman–Crippen LogP) is 2.58. The van der Waals surface area contributed by atoms with Crippen molar-refractivity contribution in [3.05, 3.63) is 53.3 Å². The number of hydrogen-bond acceptors (Lipinski definition) is 6. The van der Waals surface area contributed by atoms with Crippen LogP contribution < -0.4 is 11.1 Å². The van der Waals surface area contributed by atoms with E-state index in [1.165, 1.54) is 6.33 Å². The lowest BCUT2D eigenvalue weighted by Crippen LogP contribution is -2.31. The van der Waals surface area contributed by atoms with Gasteiger partial charge in [-0.25, -0.2) is 15.0 Å². The van der Waals surface area contributed by atoms with Gasteiger partial charge in [0.05, 0.1) is 5.39 Å². The number of rotatable bonds is 4. The lowest BCUT2D eigenvalue weighted by atomic mass is 9.96. The summed E-state index contributed by atoms with van der Waals surface area (Å²) in [6.07, 6.45) is 1.41. The fourth-order valence-corrected chi connectivity index (χ4v) is 2.47. The number of nitrogens with zero attached hydrogens (tertiary/aromatic N) is 3. The molecule has 118 valence electrons. The summed E-state index contributed by atoms with van der Waals surface area (Å²) < 4.78 is 0. The molecule has 0 fully saturated rings. The molecule has 0 bridgehead atoms. The second-order valence-corrected chi connectivity index (χ2v) is 5.90. The third kappa shape index (κ3) is 3.33. The number of halogens is 1. The number of pyridine rings is 1. The zero-order valence-corrected chi connectivity index (χ0v) is 13.2. The molecule has 23 heavy (non-hydrogen) atoms. The average Bonchev–Trinajstić information content (AvgIpc) is 2.52. The normalized spacial score (nSPS) is 13.7. The van der Waals surface area contributed by atoms with Crippen molar-refractivity contribution in [3.63, 3.8) is 0 Å². The SMILES string of the molecule is CC(O)(CNc1ncnc2nc(N)ccc12)c1cccc(Cl)c1. The van der Waals surface area contributed by atoms with Crippen LogP contribution in [0.3, 0.4) is 0 Å². The number of hydrogen-bond donors (Lipinski definition) is 3. The maximum absolute atomic E-state index is 10.7. The highest BCUT2D eigenvalue weighted by atomic mass is 35.5. The summed E-state index contributed by atoms with van der Waals surface area (Å²) in [7, 11) is 0. The van der Waals surface area contributed by atoms with E-state index in [1.54, 1.807) is 37.3 Å². The minimum absolute atomic E-state index is 0.254. The molecule has 0 aliphatic heterocycles. The van der Waals surface area contributed by atoms with Crippen molar-refractivity contribution in [2.75, 3.05) is 17.6 Å². The Bertz CT molecular complexity index is 853. The zero-order chi connectivity index (χ0) is 16.4. The number of nitrogens with two attached hydrogens (primary N) is 1. The van der Waals surface area contributed by atoms with Gasteiger partial charge in [-0.05, 0) is 36.8 Å². The molecule has 3 rings (SSSR count). The van der Waals surface area contributed by atoms with Crippen LogP contribution >= 0.6 is 11.6 Å². The second-order valence-electron chi connectivity index (χ2n) is 5.47. The first-order valence-corrected chi connectivity index (χ1v) is 7.43. The average molecular weight is 330 g/mol. The van der Waals surface area contributed by atoms with E-state index >= 15 is 0 Å². The summed E-state index contributed by atoms with van der Waals surface area (Å²) in [5.74, 6) is 0.984. The van der Waals surface area contributed by atoms with E-state index in [0.29, 0.717) is 22.3 Å². The van der Waals surface area contributed by atoms with E-state index in [9.17, 15) is 5.11 Å². The molecule has 0 saturated heterocycles. The number of aliphatic hydroxyl groups is 1. The van der Waals surface area contributed by atoms with E-state index in [-0.39, 0.29) is 6.54 Å². The molecule has 4 N–H and O–H groups in total. The molecular weight excluding hydrogens is 314 g/mol. The van der Waals surface area contributed by atoms with Crippen LogP contribution in [0.1, 0.15) is 12.5 Å². The monoisotopic (exact) mass is 329 g/mol. The van der Waals surface area contributed by atoms with Crippen LogP contribution in [0.4, 0.5) is 11.6 Å². The first-order valence-electron chi connectivity index (χ1n) is 7.05. The molecule has 1 atom stereocenters. The number of anilines is 2. The highest BCUT2D eigenvalue weighted by molar-refractivity contribution is 6.30. The topological polar surface area (TPSA) is 97.0 Å². The molecule has 1 unspecified atom stereocenters. The van der Waals surface area contributed by atoms with E-state index < -0.39 is 5.60 Å². The van der Waals surface area contributed by atoms with Gasteiger partial charge < -0.3 is 16.2 Å². The standard InChI is InChI=1S/C16H16ClN5O/c1-16(23,10-3-2-4-11(17)7-10)8-19-14-12-5-6-13(18)22-15(12)21-9-20-14/h2-7,9,23H,8H2,1H3,(H3,18,19,20,21,22). The molecule has 6 nitrogen and oxygen atoms in total. The van der Waals surface area contributed by atoms with Crippen molar-refractivity contribution < 1.29 is 5.11 Å². The summed E-state index contributed by atoms with van der Waals surface area (Å²) >= 11 is 5.99. The summed E-state index contributed by atoms with van der Waals surface area (Å²) in [5.41, 5.74) is 5.78. The first kappa shape index (κ1) is 15.5. The molecule has 0 amide bonds. The number of fused-ring (bicyclic) bond motifs is 1. The number of nitrogen functional groups attached to an aromatic ring is 1. The number of aromatic nitrogens is 3. The molecule has 1 aromatic carbocycles. The summed E-state index contributed by atoms with van der Waals surface area (Å²) in [5, 5.41) is 15.1. The molecule has 0 aliphatic carbocycles. The Labute approximate surface area is 138 Å². The first-order chi connectivity index (χ1) is 11.0. The Kier molecular flexibility index (Phi) is 4.02. The Morgan fingerprint density at radius 1 is 1.26 bits per heavy atom. The Balaban J connectivity index is 1.85. The van der Waals surface area contributed by atoms with Crippen LogP contribution in [0.5, 0.6) is 0 Å². The van der Waals surface area contributed by atoms with Gasteiger partial charge in [-0.2, -0.15) is 0 Å². The predicted molar refractivity (Wildman–Crippen MR) is 91.3 cm³/mol. The van der Waals surface area contributed by atoms with Crippen LogP contribution in [0, 0.1) is 0 Å². The fourth-order valence-electron chi connectivity index (χ4n) is 2.28. The van der Waals surface area contributed by atoms with Gasteiger partial charge in [0.15, 0.2) is 5.65 Å². The van der Waals surface area contributed by atoms with Gasteiger partial charge in [-0.1, -0.05) is 23.7 Å². The van der Waals surface area contributed by atoms with Crippen molar-refractivity contribution >= 4 is 34.3 Å². The van der Waals surface area contributed by atoms with Crippen molar-refractivity contribution in [3.8, 4) is 0 Å². The van der Waals surface area contributed by atoms with Crippen LogP contribution in [-0.4, -0.2) is 26.6 Å². The van der Waals surface area contributed by atoms with E-state index in [0.717, 1.165) is 10.9 Å². The molecule has 0 spiro atoms. The highest BCUT2D eigenvalue weighted by Crippen LogP contribution is 2.25. The van der Waals surface area contributed by atoms with Gasteiger partial charge in [-0.3, -0.25) is 0 Å². The summed E-state index contributed by atoms with van der Waals surface area (Å²) in [4.78, 5) is 12.5. The Morgan fingerprint density at radius 2 is 2.09 bits per heavy atom. The van der Waals surface area contributed by atoms with Gasteiger partial charge in [-0.15, -0.1) is 0 Å². The maximum Gasteiger partial charge on any atom is 0.166 e. The molecule has 2 aromatic heterocycles. The van der Waals surface area contributed by atoms with Gasteiger partial charge in [0.1, 0.15) is 23.6 Å². The molecule has 0 aliphatic rings. The van der Waals surface area contributed by atoms with E-state index in [4.69, 9.17) is 17.3 Å². The van der Waals surface area contributed by atoms with Crippen LogP contribution in [0.15, 0.2) is 42.7 Å². The lowest BCUT2D eigenvalue weighted by Gasteiger charge is -2.25. The summed E-state index contributed by atoms with van der Waals surface area (Å²) in [6.45, 7) is 1.97. The third-order valence-corrected chi connectivity index (χ3v) is 3.80. The number of nitrogens with one attached hydrogen (secondary N) is 1. The minimum atomic E-state index is -1.11. The molecule has 2 heterocycles. The smallest absolute Gasteiger partial charge is 0.166 e. The zero-order valence-electron chi connectivity index (χ0n) is 12.5. The molecule has 3 aromatic rings. The van der Waals surface area contributed by atoms with Gasteiger partial charge in [0.2, 0.25) is 0 Å². The molecule has 0 radical (unpaired) electrons. The third-order valence-electron chi connectivity index (χ3n) is 3.57. The number of benzene rings is 1. The Hall–Kier alpha value is -2.44. The van der Waals surface area contributed by atoms with Crippen LogP contribution in [-0.2, 0) is 5.60 Å². The van der Waals surface area contributed by atoms with Crippen molar-refractivity contribution in [2.45, 2.75) is 12.5 Å². The van der Waals surface area contributed by atoms with Crippen LogP contribution in [0.2, 0.25) is 5.02 Å². The van der Waals surface area contributed by atoms with E-state index in [1.807, 2.05) is 6.07 Å². The maximum atomic E-state index is 10.7. The fraction of sp³-hybridized carbons (Fsp3) is 0.188. The van der Waals surface area contributed by atoms with Crippen molar-refractivity contribution in [1.82, 2.24) is 15.0 Å². The van der Waals surface area contributed by atoms with Gasteiger partial charge in [0, 0.05) is 11.6 Å². The van der Waals surface area contributed by atoms with Gasteiger partial charge >= 0.3 is 0 Å². The quantitative estimate of drug-likeness (QED) is 0.680. The second kappa shape index (κ2) is 5.98. The Morgan fingerprint density at radius 3 is 2.87 bits per heavy atom. The summed E-state index contributed by atoms with van der Waals surface area (Å²) in [6, 6.07) is 10.6. The minimum Gasteiger partial charge on any atom is -0.384 e.